The lowest BCUT2D eigenvalue weighted by Crippen LogP contribution is -2.54. The van der Waals surface area contributed by atoms with E-state index in [2.05, 4.69) is 72.8 Å². The zero-order valence-electron chi connectivity index (χ0n) is 30.5. The predicted molar refractivity (Wildman–Crippen MR) is 205 cm³/mol. The molecule has 10 rings (SSSR count). The smallest absolute Gasteiger partial charge is 0.166 e. The van der Waals surface area contributed by atoms with E-state index in [0.29, 0.717) is 17.8 Å². The summed E-state index contributed by atoms with van der Waals surface area (Å²) in [6.07, 6.45) is 27.5. The second-order valence-corrected chi connectivity index (χ2v) is 19.5. The van der Waals surface area contributed by atoms with E-state index < -0.39 is 11.4 Å². The molecule has 0 atom stereocenters. The van der Waals surface area contributed by atoms with Crippen molar-refractivity contribution in [1.29, 1.82) is 0 Å². The number of carboxylic acid groups (broad SMARTS) is 1. The molecule has 0 unspecified atom stereocenters. The maximum Gasteiger partial charge on any atom is 0.166 e. The van der Waals surface area contributed by atoms with Gasteiger partial charge in [-0.25, -0.2) is 0 Å². The van der Waals surface area contributed by atoms with Crippen molar-refractivity contribution >= 4 is 16.9 Å². The number of carbonyl (C=O) groups excluding carboxylic acids is 1. The molecule has 0 aliphatic heterocycles. The van der Waals surface area contributed by atoms with Gasteiger partial charge in [0.1, 0.15) is 0 Å². The van der Waals surface area contributed by atoms with Crippen LogP contribution in [0.5, 0.6) is 0 Å². The Labute approximate surface area is 305 Å². The highest BCUT2D eigenvalue weighted by Crippen LogP contribution is 2.59. The van der Waals surface area contributed by atoms with Crippen LogP contribution in [-0.2, 0) is 15.7 Å². The monoisotopic (exact) mass is 688 g/mol. The Morgan fingerprint density at radius 3 is 1.00 bits per heavy atom. The van der Waals surface area contributed by atoms with Crippen LogP contribution in [0.3, 0.4) is 0 Å². The van der Waals surface area contributed by atoms with E-state index in [0.717, 1.165) is 37.0 Å². The average molecular weight is 689 g/mol. The fourth-order valence-electron chi connectivity index (χ4n) is 11.7. The number of carboxylic acids is 1. The first kappa shape index (κ1) is 34.6. The van der Waals surface area contributed by atoms with Crippen molar-refractivity contribution in [1.82, 2.24) is 0 Å². The van der Waals surface area contributed by atoms with E-state index in [1.807, 2.05) is 0 Å². The van der Waals surface area contributed by atoms with E-state index in [1.165, 1.54) is 130 Å². The molecule has 0 spiro atoms. The Morgan fingerprint density at radius 1 is 0.460 bits per heavy atom. The third-order valence-electron chi connectivity index (χ3n) is 14.0. The Hall–Kier alpha value is -2.52. The van der Waals surface area contributed by atoms with Gasteiger partial charge in [0, 0.05) is 11.4 Å². The molecule has 50 heavy (non-hydrogen) atoms. The standard InChI is InChI=1S/C36H45S.C11H16O2/c1-4-10-28(11-5-1)31-16-22-34(23-17-31)37(35-24-18-32(19-25-35)29-12-6-2-7-13-29)36-26-20-33(21-27-36)30-14-8-3-9-15-30;12-10(13)11-4-7-1-8(5-11)3-9(2-7)6-11/h16-30H,1-15H2;7-9H,1-6H2,(H,12,13)/q+1;/p-1. The quantitative estimate of drug-likeness (QED) is 0.232. The van der Waals surface area contributed by atoms with Crippen LogP contribution in [0, 0.1) is 23.2 Å². The lowest BCUT2D eigenvalue weighted by Gasteiger charge is -2.57. The topological polar surface area (TPSA) is 40.1 Å². The molecule has 3 heteroatoms. The van der Waals surface area contributed by atoms with Crippen molar-refractivity contribution in [2.75, 3.05) is 0 Å². The minimum Gasteiger partial charge on any atom is -0.550 e. The third-order valence-corrected chi connectivity index (χ3v) is 16.3. The lowest BCUT2D eigenvalue weighted by molar-refractivity contribution is -0.327. The second kappa shape index (κ2) is 15.6. The van der Waals surface area contributed by atoms with Gasteiger partial charge in [0.2, 0.25) is 0 Å². The van der Waals surface area contributed by atoms with Crippen molar-refractivity contribution in [3.63, 3.8) is 0 Å². The van der Waals surface area contributed by atoms with Crippen molar-refractivity contribution in [2.45, 2.75) is 167 Å². The van der Waals surface area contributed by atoms with Crippen LogP contribution in [0.25, 0.3) is 0 Å². The highest BCUT2D eigenvalue weighted by atomic mass is 32.2. The van der Waals surface area contributed by atoms with Crippen molar-refractivity contribution < 1.29 is 9.90 Å². The fourth-order valence-corrected chi connectivity index (χ4v) is 13.7. The van der Waals surface area contributed by atoms with E-state index in [1.54, 1.807) is 16.7 Å². The van der Waals surface area contributed by atoms with E-state index >= 15 is 0 Å². The molecule has 7 fully saturated rings. The number of hydrogen-bond donors (Lipinski definition) is 0. The predicted octanol–water partition coefficient (Wildman–Crippen LogP) is 11.9. The van der Waals surface area contributed by atoms with Gasteiger partial charge in [0.05, 0.1) is 10.9 Å². The SMILES string of the molecule is O=C([O-])C12CC3CC(CC(C3)C1)C2.c1cc([S+](c2ccc(C3CCCCC3)cc2)c2ccc(C3CCCCC3)cc2)ccc1C1CCCCC1. The molecular weight excluding hydrogens is 629 g/mol. The molecule has 7 aliphatic carbocycles. The van der Waals surface area contributed by atoms with Crippen molar-refractivity contribution in [3.8, 4) is 0 Å². The Kier molecular flexibility index (Phi) is 10.8. The van der Waals surface area contributed by atoms with Gasteiger partial charge in [-0.3, -0.25) is 0 Å². The highest BCUT2D eigenvalue weighted by molar-refractivity contribution is 7.97. The van der Waals surface area contributed by atoms with Gasteiger partial charge in [-0.15, -0.1) is 0 Å². The Balaban J connectivity index is 0.000000230. The van der Waals surface area contributed by atoms with Crippen LogP contribution in [0.15, 0.2) is 87.5 Å². The molecular formula is C47H60O2S. The van der Waals surface area contributed by atoms with Crippen LogP contribution in [0.2, 0.25) is 0 Å². The Morgan fingerprint density at radius 2 is 0.740 bits per heavy atom. The fraction of sp³-hybridized carbons (Fsp3) is 0.596. The summed E-state index contributed by atoms with van der Waals surface area (Å²) < 4.78 is 0. The second-order valence-electron chi connectivity index (χ2n) is 17.5. The Bertz CT molecular complexity index is 1360. The normalized spacial score (nSPS) is 28.7. The van der Waals surface area contributed by atoms with E-state index in [9.17, 15) is 9.90 Å². The van der Waals surface area contributed by atoms with Crippen LogP contribution < -0.4 is 5.11 Å². The zero-order chi connectivity index (χ0) is 33.9. The van der Waals surface area contributed by atoms with Gasteiger partial charge >= 0.3 is 0 Å². The summed E-state index contributed by atoms with van der Waals surface area (Å²) in [5.41, 5.74) is 4.29. The maximum absolute atomic E-state index is 11.1. The summed E-state index contributed by atoms with van der Waals surface area (Å²) in [6.45, 7) is 0. The van der Waals surface area contributed by atoms with Crippen LogP contribution in [0.1, 0.15) is 169 Å². The van der Waals surface area contributed by atoms with Gasteiger partial charge < -0.3 is 9.90 Å². The van der Waals surface area contributed by atoms with E-state index in [-0.39, 0.29) is 10.9 Å². The lowest BCUT2D eigenvalue weighted by atomic mass is 9.49. The largest absolute Gasteiger partial charge is 0.550 e. The summed E-state index contributed by atoms with van der Waals surface area (Å²) in [7, 11) is -0.0542. The molecule has 0 amide bonds. The number of benzene rings is 3. The molecule has 0 heterocycles. The molecule has 0 saturated heterocycles. The zero-order valence-corrected chi connectivity index (χ0v) is 31.3. The summed E-state index contributed by atoms with van der Waals surface area (Å²) in [4.78, 5) is 15.5. The number of aliphatic carboxylic acids is 1. The molecule has 0 N–H and O–H groups in total. The van der Waals surface area contributed by atoms with Crippen LogP contribution >= 0.6 is 0 Å². The molecule has 0 radical (unpaired) electrons. The first-order chi connectivity index (χ1) is 24.5. The average Bonchev–Trinajstić information content (AvgIpc) is 3.17. The van der Waals surface area contributed by atoms with Gasteiger partial charge in [-0.05, 0) is 166 Å². The summed E-state index contributed by atoms with van der Waals surface area (Å²) in [5, 5.41) is 11.1. The first-order valence-corrected chi connectivity index (χ1v) is 22.0. The van der Waals surface area contributed by atoms with Gasteiger partial charge in [0.15, 0.2) is 14.7 Å². The van der Waals surface area contributed by atoms with Crippen molar-refractivity contribution in [3.05, 3.63) is 89.5 Å². The molecule has 3 aromatic carbocycles. The molecule has 266 valence electrons. The third kappa shape index (κ3) is 7.65. The van der Waals surface area contributed by atoms with Crippen molar-refractivity contribution in [2.24, 2.45) is 23.2 Å². The number of rotatable bonds is 7. The molecule has 3 aromatic rings. The number of carbonyl (C=O) groups is 1. The molecule has 4 bridgehead atoms. The van der Waals surface area contributed by atoms with Crippen LogP contribution in [-0.4, -0.2) is 5.97 Å². The summed E-state index contributed by atoms with van der Waals surface area (Å²) in [5.74, 6) is 3.70. The van der Waals surface area contributed by atoms with Gasteiger partial charge in [0.25, 0.3) is 0 Å². The van der Waals surface area contributed by atoms with Gasteiger partial charge in [-0.1, -0.05) is 94.2 Å². The summed E-state index contributed by atoms with van der Waals surface area (Å²) >= 11 is 0. The molecule has 2 nitrogen and oxygen atoms in total. The summed E-state index contributed by atoms with van der Waals surface area (Å²) in [6, 6.07) is 29.5. The van der Waals surface area contributed by atoms with E-state index in [4.69, 9.17) is 0 Å². The maximum atomic E-state index is 11.1. The van der Waals surface area contributed by atoms with Gasteiger partial charge in [-0.2, -0.15) is 0 Å². The van der Waals surface area contributed by atoms with Crippen LogP contribution in [0.4, 0.5) is 0 Å². The minimum atomic E-state index is -0.758. The first-order valence-electron chi connectivity index (χ1n) is 20.8. The minimum absolute atomic E-state index is 0.0542. The highest BCUT2D eigenvalue weighted by Gasteiger charge is 2.51. The molecule has 7 aliphatic rings. The number of hydrogen-bond acceptors (Lipinski definition) is 2. The molecule has 0 aromatic heterocycles. The molecule has 7 saturated carbocycles.